The van der Waals surface area contributed by atoms with Crippen LogP contribution in [0.3, 0.4) is 0 Å². The summed E-state index contributed by atoms with van der Waals surface area (Å²) in [4.78, 5) is 13.1. The van der Waals surface area contributed by atoms with E-state index < -0.39 is 0 Å². The predicted molar refractivity (Wildman–Crippen MR) is 144 cm³/mol. The molecule has 0 aromatic heterocycles. The fraction of sp³-hybridized carbons (Fsp3) is 0.483. The summed E-state index contributed by atoms with van der Waals surface area (Å²) in [5.74, 6) is 1.84. The Labute approximate surface area is 214 Å². The van der Waals surface area contributed by atoms with Crippen molar-refractivity contribution in [3.63, 3.8) is 0 Å². The first-order chi connectivity index (χ1) is 17.5. The van der Waals surface area contributed by atoms with E-state index >= 15 is 0 Å². The fourth-order valence-electron chi connectivity index (χ4n) is 5.10. The van der Waals surface area contributed by atoms with Crippen LogP contribution in [-0.2, 0) is 4.84 Å². The molecule has 0 bridgehead atoms. The second-order valence-corrected chi connectivity index (χ2v) is 10.3. The number of rotatable bonds is 9. The van der Waals surface area contributed by atoms with Gasteiger partial charge >= 0.3 is 0 Å². The number of nitrogens with zero attached hydrogens (tertiary/aromatic N) is 4. The lowest BCUT2D eigenvalue weighted by Crippen LogP contribution is -2.50. The number of fused-ring (bicyclic) bond motifs is 3. The second kappa shape index (κ2) is 11.5. The van der Waals surface area contributed by atoms with Crippen molar-refractivity contribution in [1.82, 2.24) is 14.7 Å². The minimum atomic E-state index is 0.0374. The normalized spacial score (nSPS) is 22.4. The van der Waals surface area contributed by atoms with Gasteiger partial charge in [0.2, 0.25) is 0 Å². The van der Waals surface area contributed by atoms with E-state index in [0.717, 1.165) is 68.6 Å². The molecule has 5 rings (SSSR count). The van der Waals surface area contributed by atoms with Crippen molar-refractivity contribution in [2.75, 3.05) is 73.1 Å². The Hall–Kier alpha value is -2.87. The molecular formula is C29H38N4O3. The van der Waals surface area contributed by atoms with Gasteiger partial charge in [0.1, 0.15) is 30.4 Å². The minimum absolute atomic E-state index is 0.0374. The van der Waals surface area contributed by atoms with Gasteiger partial charge in [-0.2, -0.15) is 0 Å². The first-order valence-electron chi connectivity index (χ1n) is 13.0. The number of ether oxygens (including phenoxy) is 2. The van der Waals surface area contributed by atoms with Crippen LogP contribution in [0.5, 0.6) is 11.5 Å². The third kappa shape index (κ3) is 6.09. The van der Waals surface area contributed by atoms with Gasteiger partial charge < -0.3 is 19.2 Å². The molecule has 0 unspecified atom stereocenters. The Kier molecular flexibility index (Phi) is 7.90. The Morgan fingerprint density at radius 3 is 2.64 bits per heavy atom. The summed E-state index contributed by atoms with van der Waals surface area (Å²) in [6.45, 7) is 10.5. The fourth-order valence-corrected chi connectivity index (χ4v) is 5.10. The van der Waals surface area contributed by atoms with Gasteiger partial charge in [-0.3, -0.25) is 9.80 Å². The zero-order chi connectivity index (χ0) is 24.9. The molecule has 2 aromatic rings. The second-order valence-electron chi connectivity index (χ2n) is 10.3. The quantitative estimate of drug-likeness (QED) is 0.537. The molecule has 7 heteroatoms. The van der Waals surface area contributed by atoms with Gasteiger partial charge in [0, 0.05) is 57.4 Å². The van der Waals surface area contributed by atoms with E-state index in [-0.39, 0.29) is 12.0 Å². The minimum Gasteiger partial charge on any atom is -0.492 e. The van der Waals surface area contributed by atoms with E-state index in [0.29, 0.717) is 13.2 Å². The van der Waals surface area contributed by atoms with Crippen LogP contribution in [0.25, 0.3) is 6.08 Å². The summed E-state index contributed by atoms with van der Waals surface area (Å²) in [5, 5.41) is 4.50. The summed E-state index contributed by atoms with van der Waals surface area (Å²) in [5.41, 5.74) is 4.71. The average Bonchev–Trinajstić information content (AvgIpc) is 3.28. The van der Waals surface area contributed by atoms with Crippen LogP contribution in [0.2, 0.25) is 0 Å². The molecule has 2 atom stereocenters. The van der Waals surface area contributed by atoms with Gasteiger partial charge in [0.25, 0.3) is 0 Å². The third-order valence-corrected chi connectivity index (χ3v) is 7.13. The maximum Gasteiger partial charge on any atom is 0.151 e. The van der Waals surface area contributed by atoms with Crippen molar-refractivity contribution in [3.8, 4) is 11.5 Å². The zero-order valence-corrected chi connectivity index (χ0v) is 21.7. The molecule has 1 saturated heterocycles. The first-order valence-corrected chi connectivity index (χ1v) is 13.0. The Morgan fingerprint density at radius 2 is 1.86 bits per heavy atom. The molecule has 0 radical (unpaired) electrons. The van der Waals surface area contributed by atoms with Crippen LogP contribution in [0.1, 0.15) is 18.1 Å². The maximum absolute atomic E-state index is 6.15. The molecular weight excluding hydrogens is 452 g/mol. The van der Waals surface area contributed by atoms with Gasteiger partial charge in [-0.15, -0.1) is 0 Å². The molecule has 3 aliphatic rings. The van der Waals surface area contributed by atoms with Gasteiger partial charge in [0.15, 0.2) is 6.10 Å². The van der Waals surface area contributed by atoms with E-state index in [1.807, 2.05) is 26.2 Å². The van der Waals surface area contributed by atoms with Crippen LogP contribution in [-0.4, -0.2) is 99.6 Å². The summed E-state index contributed by atoms with van der Waals surface area (Å²) in [6.07, 6.45) is 2.33. The molecule has 192 valence electrons. The van der Waals surface area contributed by atoms with Crippen molar-refractivity contribution in [3.05, 3.63) is 65.2 Å². The van der Waals surface area contributed by atoms with Crippen molar-refractivity contribution < 1.29 is 14.3 Å². The molecule has 0 amide bonds. The lowest BCUT2D eigenvalue weighted by atomic mass is 9.90. The van der Waals surface area contributed by atoms with E-state index in [4.69, 9.17) is 14.3 Å². The number of hydrogen-bond donors (Lipinski definition) is 0. The summed E-state index contributed by atoms with van der Waals surface area (Å²) < 4.78 is 12.0. The monoisotopic (exact) mass is 490 g/mol. The van der Waals surface area contributed by atoms with Gasteiger partial charge in [-0.05, 0) is 38.7 Å². The van der Waals surface area contributed by atoms with Crippen LogP contribution in [0.4, 0.5) is 0 Å². The van der Waals surface area contributed by atoms with Gasteiger partial charge in [-0.1, -0.05) is 47.1 Å². The Balaban J connectivity index is 1.10. The molecule has 36 heavy (non-hydrogen) atoms. The Morgan fingerprint density at radius 1 is 1.08 bits per heavy atom. The standard InChI is InChI=1S/C29H38N4O3/c1-22(17-23-7-5-4-6-8-23)19-32-11-13-33(14-12-32)20-28-26-21-35-27-18-24(34-16-15-31(2)3)9-10-25(27)29(26)30-36-28/h4-10,17-18,26,28H,11-16,19-21H2,1-3H3/b22-17+/t26-,28-/m0/s1. The van der Waals surface area contributed by atoms with Crippen LogP contribution < -0.4 is 9.47 Å². The van der Waals surface area contributed by atoms with Crippen molar-refractivity contribution >= 4 is 11.8 Å². The first kappa shape index (κ1) is 24.8. The molecule has 2 aromatic carbocycles. The maximum atomic E-state index is 6.15. The number of oxime groups is 1. The van der Waals surface area contributed by atoms with Gasteiger partial charge in [-0.25, -0.2) is 0 Å². The highest BCUT2D eigenvalue weighted by Gasteiger charge is 2.41. The van der Waals surface area contributed by atoms with Crippen LogP contribution in [0, 0.1) is 5.92 Å². The lowest BCUT2D eigenvalue weighted by Gasteiger charge is -2.36. The zero-order valence-electron chi connectivity index (χ0n) is 21.7. The predicted octanol–water partition coefficient (Wildman–Crippen LogP) is 3.46. The topological polar surface area (TPSA) is 49.8 Å². The van der Waals surface area contributed by atoms with E-state index in [2.05, 4.69) is 69.3 Å². The largest absolute Gasteiger partial charge is 0.492 e. The van der Waals surface area contributed by atoms with Crippen molar-refractivity contribution in [1.29, 1.82) is 0 Å². The lowest BCUT2D eigenvalue weighted by molar-refractivity contribution is 0.0101. The molecule has 1 fully saturated rings. The molecule has 7 nitrogen and oxygen atoms in total. The van der Waals surface area contributed by atoms with E-state index in [1.165, 1.54) is 11.1 Å². The molecule has 0 N–H and O–H groups in total. The van der Waals surface area contributed by atoms with Crippen LogP contribution >= 0.6 is 0 Å². The van der Waals surface area contributed by atoms with E-state index in [9.17, 15) is 0 Å². The molecule has 0 spiro atoms. The third-order valence-electron chi connectivity index (χ3n) is 7.13. The SMILES string of the molecule is C/C(=C\c1ccccc1)CN1CCN(C[C@@H]2ON=C3c4ccc(OCCN(C)C)cc4OC[C@H]32)CC1. The molecule has 3 heterocycles. The number of hydrogen-bond acceptors (Lipinski definition) is 7. The molecule has 0 saturated carbocycles. The highest BCUT2D eigenvalue weighted by Crippen LogP contribution is 2.36. The summed E-state index contributed by atoms with van der Waals surface area (Å²) in [7, 11) is 4.08. The summed E-state index contributed by atoms with van der Waals surface area (Å²) >= 11 is 0. The Bertz CT molecular complexity index is 1080. The number of benzene rings is 2. The highest BCUT2D eigenvalue weighted by molar-refractivity contribution is 6.06. The van der Waals surface area contributed by atoms with E-state index in [1.54, 1.807) is 0 Å². The van der Waals surface area contributed by atoms with Crippen molar-refractivity contribution in [2.24, 2.45) is 11.1 Å². The number of likely N-dealkylation sites (N-methyl/N-ethyl adjacent to an activating group) is 1. The highest BCUT2D eigenvalue weighted by atomic mass is 16.6. The average molecular weight is 491 g/mol. The number of piperazine rings is 1. The van der Waals surface area contributed by atoms with Crippen LogP contribution in [0.15, 0.2) is 59.3 Å². The smallest absolute Gasteiger partial charge is 0.151 e. The molecule has 0 aliphatic carbocycles. The summed E-state index contributed by atoms with van der Waals surface area (Å²) in [6, 6.07) is 16.6. The van der Waals surface area contributed by atoms with Crippen molar-refractivity contribution in [2.45, 2.75) is 13.0 Å². The van der Waals surface area contributed by atoms with Gasteiger partial charge in [0.05, 0.1) is 5.92 Å². The molecule has 3 aliphatic heterocycles.